The lowest BCUT2D eigenvalue weighted by Gasteiger charge is -2.34. The minimum absolute atomic E-state index is 0.0182. The molecule has 2 fully saturated rings. The summed E-state index contributed by atoms with van der Waals surface area (Å²) in [6.45, 7) is 2.83. The maximum atomic E-state index is 12.8. The topological polar surface area (TPSA) is 329 Å². The normalized spacial score (nSPS) is 28.5. The van der Waals surface area contributed by atoms with Gasteiger partial charge in [-0.15, -0.1) is 0 Å². The minimum Gasteiger partial charge on any atom is -0.387 e. The monoisotopic (exact) mass is 806 g/mol. The maximum absolute atomic E-state index is 12.8. The van der Waals surface area contributed by atoms with Gasteiger partial charge in [0.05, 0.1) is 44.9 Å². The number of imidazole rings is 2. The highest BCUT2D eigenvalue weighted by Crippen LogP contribution is 2.67. The second-order valence-corrected chi connectivity index (χ2v) is 16.9. The molecule has 5 unspecified atom stereocenters. The van der Waals surface area contributed by atoms with Crippen molar-refractivity contribution in [3.8, 4) is 0 Å². The van der Waals surface area contributed by atoms with Gasteiger partial charge < -0.3 is 45.9 Å². The van der Waals surface area contributed by atoms with Crippen LogP contribution in [0.2, 0.25) is 0 Å². The molecular weight excluding hydrogens is 770 g/mol. The van der Waals surface area contributed by atoms with Crippen molar-refractivity contribution >= 4 is 65.3 Å². The van der Waals surface area contributed by atoms with Gasteiger partial charge in [0.25, 0.3) is 19.0 Å². The highest BCUT2D eigenvalue weighted by atomic mass is 31.3. The fourth-order valence-electron chi connectivity index (χ4n) is 5.97. The number of ether oxygens (including phenoxy) is 3. The van der Waals surface area contributed by atoms with Crippen LogP contribution in [0.5, 0.6) is 0 Å². The number of guanidine groups is 1. The Morgan fingerprint density at radius 1 is 1.13 bits per heavy atom. The van der Waals surface area contributed by atoms with Crippen molar-refractivity contribution in [2.75, 3.05) is 46.2 Å². The van der Waals surface area contributed by atoms with Crippen molar-refractivity contribution in [3.63, 3.8) is 0 Å². The van der Waals surface area contributed by atoms with E-state index in [0.717, 1.165) is 0 Å². The summed E-state index contributed by atoms with van der Waals surface area (Å²) in [5, 5.41) is 13.6. The van der Waals surface area contributed by atoms with Crippen molar-refractivity contribution < 1.29 is 65.0 Å². The van der Waals surface area contributed by atoms with E-state index in [1.165, 1.54) is 22.6 Å². The summed E-state index contributed by atoms with van der Waals surface area (Å²) in [5.41, 5.74) is 12.2. The number of aliphatic hydroxyl groups excluding tert-OH is 1. The number of aliphatic imine (C=N–C) groups is 1. The first kappa shape index (κ1) is 39.4. The van der Waals surface area contributed by atoms with Crippen LogP contribution >= 0.6 is 23.1 Å². The number of nitrogens with one attached hydrogen (secondary N) is 2. The second-order valence-electron chi connectivity index (χ2n) is 12.1. The van der Waals surface area contributed by atoms with Crippen molar-refractivity contribution in [1.29, 1.82) is 0 Å². The lowest BCUT2D eigenvalue weighted by Crippen LogP contribution is -2.54. The van der Waals surface area contributed by atoms with Gasteiger partial charge in [0.2, 0.25) is 13.1 Å². The number of nitrogens with zero attached hydrogens (tertiary/aromatic N) is 7. The molecule has 6 rings (SSSR count). The summed E-state index contributed by atoms with van der Waals surface area (Å²) < 4.78 is 78.6. The lowest BCUT2D eigenvalue weighted by atomic mass is 10.1. The molecule has 53 heavy (non-hydrogen) atoms. The van der Waals surface area contributed by atoms with Gasteiger partial charge in [-0.1, -0.05) is 11.6 Å². The van der Waals surface area contributed by atoms with Gasteiger partial charge in [-0.05, 0) is 7.05 Å². The van der Waals surface area contributed by atoms with Gasteiger partial charge in [-0.2, -0.15) is 4.99 Å². The molecule has 3 aliphatic heterocycles. The Bertz CT molecular complexity index is 2150. The number of nitrogens with two attached hydrogens (primary N) is 2. The molecule has 0 aromatic carbocycles. The number of fused-ring (bicyclic) bond motifs is 2. The summed E-state index contributed by atoms with van der Waals surface area (Å²) in [6, 6.07) is 0. The van der Waals surface area contributed by atoms with Crippen LogP contribution in [-0.2, 0) is 52.6 Å². The molecule has 0 aliphatic carbocycles. The number of phosphoric acid groups is 2. The zero-order chi connectivity index (χ0) is 38.6. The zero-order valence-electron chi connectivity index (χ0n) is 28.2. The SMILES string of the molecule is [B]P(=O)(OP(=O)(O)OCC1O[C@@H](n2cnc3c2N=C(N)NC3=C)[C@H](OC)[C@@H]1O)OP(=O)(O)OC[C@@H]1CN(C)CC([n+]2cn(C)c3c(=O)[nH]c(N)nc32)O1. The molecule has 9 N–H and O–H groups in total. The molecule has 0 amide bonds. The van der Waals surface area contributed by atoms with Gasteiger partial charge in [-0.3, -0.25) is 37.4 Å². The van der Waals surface area contributed by atoms with Crippen molar-refractivity contribution in [1.82, 2.24) is 34.3 Å². The molecule has 0 bridgehead atoms. The Morgan fingerprint density at radius 3 is 2.49 bits per heavy atom. The molecule has 2 radical (unpaired) electrons. The van der Waals surface area contributed by atoms with Gasteiger partial charge in [0, 0.05) is 13.7 Å². The number of phosphoric ester groups is 2. The molecule has 0 saturated carbocycles. The van der Waals surface area contributed by atoms with Crippen LogP contribution < -0.4 is 26.9 Å². The minimum atomic E-state index is -5.43. The van der Waals surface area contributed by atoms with Crippen LogP contribution in [0, 0.1) is 0 Å². The number of H-pyrrole nitrogens is 1. The Labute approximate surface area is 300 Å². The van der Waals surface area contributed by atoms with Crippen LogP contribution in [-0.4, -0.2) is 122 Å². The number of aliphatic hydroxyl groups is 1. The van der Waals surface area contributed by atoms with E-state index >= 15 is 0 Å². The molecule has 6 heterocycles. The molecule has 29 heteroatoms. The maximum Gasteiger partial charge on any atom is 0.478 e. The van der Waals surface area contributed by atoms with Crippen LogP contribution in [0.25, 0.3) is 16.9 Å². The highest BCUT2D eigenvalue weighted by molar-refractivity contribution is 7.86. The summed E-state index contributed by atoms with van der Waals surface area (Å²) in [6.07, 6.45) is -3.74. The summed E-state index contributed by atoms with van der Waals surface area (Å²) in [7, 11) is -6.12. The molecule has 3 aliphatic rings. The Balaban J connectivity index is 1.04. The molecule has 3 aromatic rings. The van der Waals surface area contributed by atoms with E-state index < -0.39 is 78.8 Å². The number of nitrogen functional groups attached to an aromatic ring is 1. The third-order valence-electron chi connectivity index (χ3n) is 8.11. The van der Waals surface area contributed by atoms with Crippen molar-refractivity contribution in [2.45, 2.75) is 36.9 Å². The summed E-state index contributed by atoms with van der Waals surface area (Å²) in [5.74, 6) is 0.126. The van der Waals surface area contributed by atoms with Crippen LogP contribution in [0.1, 0.15) is 18.1 Å². The summed E-state index contributed by atoms with van der Waals surface area (Å²) in [4.78, 5) is 49.8. The van der Waals surface area contributed by atoms with Crippen LogP contribution in [0.15, 0.2) is 29.0 Å². The number of likely N-dealkylation sites (N-methyl/N-ethyl adjacent to an activating group) is 1. The number of methoxy groups -OCH3 is 1. The zero-order valence-corrected chi connectivity index (χ0v) is 30.9. The van der Waals surface area contributed by atoms with E-state index in [9.17, 15) is 33.4 Å². The standard InChI is InChI=1S/C24H35BN11O14P3/c1-11-15-19(30-23(26)29-11)35(9-28-15)22-18(44-4)17(37)13(48-22)8-46-53(42,43)50-51(25,39)49-52(40,41)45-7-12-5-33(2)6-14(47-12)36-10-34(3)16-20(36)31-24(27)32-21(16)38/h9-10,12-14,17-18,22,37H,1,5-8H2,2-4H3,(H7-,26,27,29,30,31,32,38,40,41,42,43)/p+1/t12-,13?,14?,17+,18+,22+,51?/m0/s1. The van der Waals surface area contributed by atoms with E-state index in [2.05, 4.69) is 40.5 Å². The third-order valence-corrected chi connectivity index (χ3v) is 12.5. The first-order valence-corrected chi connectivity index (χ1v) is 20.0. The first-order chi connectivity index (χ1) is 24.8. The fraction of sp³-hybridized carbons (Fsp3) is 0.542. The molecule has 3 aromatic heterocycles. The number of aromatic amines is 1. The lowest BCUT2D eigenvalue weighted by molar-refractivity contribution is -0.747. The van der Waals surface area contributed by atoms with Crippen molar-refractivity contribution in [2.24, 2.45) is 17.8 Å². The average molecular weight is 806 g/mol. The Morgan fingerprint density at radius 2 is 1.81 bits per heavy atom. The Hall–Kier alpha value is -3.32. The molecule has 9 atom stereocenters. The smallest absolute Gasteiger partial charge is 0.387 e. The fourth-order valence-corrected chi connectivity index (χ4v) is 9.73. The van der Waals surface area contributed by atoms with Crippen LogP contribution in [0.4, 0.5) is 11.8 Å². The predicted octanol–water partition coefficient (Wildman–Crippen LogP) is -1.81. The van der Waals surface area contributed by atoms with Gasteiger partial charge in [-0.25, -0.2) is 27.3 Å². The van der Waals surface area contributed by atoms with E-state index in [1.54, 1.807) is 29.9 Å². The Kier molecular flexibility index (Phi) is 10.9. The molecule has 0 spiro atoms. The van der Waals surface area contributed by atoms with E-state index in [0.29, 0.717) is 17.9 Å². The average Bonchev–Trinajstić information content (AvgIpc) is 3.70. The second kappa shape index (κ2) is 14.7. The molecular formula is C24H36BN11O14P3+. The first-order valence-electron chi connectivity index (χ1n) is 15.4. The number of anilines is 1. The molecule has 2 saturated heterocycles. The number of aryl methyl sites for hydroxylation is 1. The van der Waals surface area contributed by atoms with E-state index in [-0.39, 0.29) is 35.4 Å². The van der Waals surface area contributed by atoms with Gasteiger partial charge in [0.15, 0.2) is 30.6 Å². The quantitative estimate of drug-likeness (QED) is 0.0569. The number of rotatable bonds is 13. The largest absolute Gasteiger partial charge is 0.478 e. The third kappa shape index (κ3) is 8.51. The number of morpholine rings is 1. The van der Waals surface area contributed by atoms with Crippen molar-refractivity contribution in [3.05, 3.63) is 35.3 Å². The van der Waals surface area contributed by atoms with E-state index in [4.69, 9.17) is 42.3 Å². The molecule has 288 valence electrons. The highest BCUT2D eigenvalue weighted by Gasteiger charge is 2.48. The van der Waals surface area contributed by atoms with Gasteiger partial charge >= 0.3 is 21.3 Å². The summed E-state index contributed by atoms with van der Waals surface area (Å²) >= 11 is 0. The number of hydrogen-bond acceptors (Lipinski definition) is 19. The number of hydrogen-bond donors (Lipinski definition) is 7. The molecule has 25 nitrogen and oxygen atoms in total. The van der Waals surface area contributed by atoms with E-state index in [1.807, 2.05) is 0 Å². The predicted molar refractivity (Wildman–Crippen MR) is 181 cm³/mol. The van der Waals surface area contributed by atoms with Crippen LogP contribution in [0.3, 0.4) is 0 Å². The van der Waals surface area contributed by atoms with Gasteiger partial charge in [0.1, 0.15) is 24.0 Å². The number of aromatic nitrogens is 6.